The minimum atomic E-state index is -0.282. The van der Waals surface area contributed by atoms with Crippen LogP contribution in [0.15, 0.2) is 24.3 Å². The Morgan fingerprint density at radius 2 is 1.68 bits per heavy atom. The monoisotopic (exact) mass is 385 g/mol. The maximum atomic E-state index is 13.2. The molecule has 1 aromatic rings. The van der Waals surface area contributed by atoms with Gasteiger partial charge in [0.15, 0.2) is 0 Å². The van der Waals surface area contributed by atoms with Gasteiger partial charge in [0.2, 0.25) is 5.91 Å². The third kappa shape index (κ3) is 4.68. The summed E-state index contributed by atoms with van der Waals surface area (Å²) in [6.45, 7) is 8.74. The van der Waals surface area contributed by atoms with Crippen LogP contribution in [0.4, 0.5) is 5.69 Å². The van der Waals surface area contributed by atoms with Crippen LogP contribution in [0.2, 0.25) is 0 Å². The van der Waals surface area contributed by atoms with Crippen LogP contribution in [0.1, 0.15) is 69.2 Å². The molecule has 0 N–H and O–H groups in total. The summed E-state index contributed by atoms with van der Waals surface area (Å²) in [5.74, 6) is 0.152. The highest BCUT2D eigenvalue weighted by atomic mass is 16.2. The molecule has 2 amide bonds. The molecule has 1 atom stereocenters. The lowest BCUT2D eigenvalue weighted by atomic mass is 9.99. The number of hydrogen-bond acceptors (Lipinski definition) is 3. The average molecular weight is 386 g/mol. The quantitative estimate of drug-likeness (QED) is 0.714. The molecule has 2 fully saturated rings. The first-order chi connectivity index (χ1) is 13.7. The highest BCUT2D eigenvalue weighted by Gasteiger charge is 2.35. The Labute approximate surface area is 169 Å². The van der Waals surface area contributed by atoms with Gasteiger partial charge in [0.05, 0.1) is 0 Å². The molecular formula is C23H35N3O2. The molecule has 5 heteroatoms. The van der Waals surface area contributed by atoms with Gasteiger partial charge < -0.3 is 14.7 Å². The van der Waals surface area contributed by atoms with E-state index in [4.69, 9.17) is 0 Å². The van der Waals surface area contributed by atoms with E-state index in [-0.39, 0.29) is 17.9 Å². The standard InChI is InChI=1S/C23H35N3O2/c1-3-5-15-24(4-2)20-13-11-19(12-14-20)22(27)26-18-7-6-10-21(26)23(28)25-16-8-9-17-25/h11-14,21H,3-10,15-18H2,1-2H3. The maximum absolute atomic E-state index is 13.2. The van der Waals surface area contributed by atoms with Crippen molar-refractivity contribution < 1.29 is 9.59 Å². The summed E-state index contributed by atoms with van der Waals surface area (Å²) in [6, 6.07) is 7.67. The number of benzene rings is 1. The largest absolute Gasteiger partial charge is 0.372 e. The topological polar surface area (TPSA) is 43.9 Å². The molecule has 0 aromatic heterocycles. The first kappa shape index (κ1) is 20.7. The molecular weight excluding hydrogens is 350 g/mol. The number of likely N-dealkylation sites (tertiary alicyclic amines) is 2. The number of hydrogen-bond donors (Lipinski definition) is 0. The summed E-state index contributed by atoms with van der Waals surface area (Å²) < 4.78 is 0. The molecule has 0 radical (unpaired) electrons. The zero-order chi connectivity index (χ0) is 19.9. The second-order valence-corrected chi connectivity index (χ2v) is 8.02. The Kier molecular flexibility index (Phi) is 7.35. The van der Waals surface area contributed by atoms with Crippen molar-refractivity contribution in [1.29, 1.82) is 0 Å². The third-order valence-electron chi connectivity index (χ3n) is 6.11. The van der Waals surface area contributed by atoms with Crippen molar-refractivity contribution in [3.8, 4) is 0 Å². The number of anilines is 1. The molecule has 0 saturated carbocycles. The molecule has 28 heavy (non-hydrogen) atoms. The Bertz CT molecular complexity index is 652. The molecule has 1 unspecified atom stereocenters. The maximum Gasteiger partial charge on any atom is 0.254 e. The number of piperidine rings is 1. The minimum Gasteiger partial charge on any atom is -0.372 e. The summed E-state index contributed by atoms with van der Waals surface area (Å²) in [7, 11) is 0. The van der Waals surface area contributed by atoms with Crippen LogP contribution in [0.3, 0.4) is 0 Å². The summed E-state index contributed by atoms with van der Waals surface area (Å²) in [4.78, 5) is 32.3. The number of amides is 2. The van der Waals surface area contributed by atoms with Crippen molar-refractivity contribution in [1.82, 2.24) is 9.80 Å². The van der Waals surface area contributed by atoms with Gasteiger partial charge in [-0.1, -0.05) is 13.3 Å². The molecule has 154 valence electrons. The zero-order valence-corrected chi connectivity index (χ0v) is 17.5. The number of nitrogens with zero attached hydrogens (tertiary/aromatic N) is 3. The van der Waals surface area contributed by atoms with Gasteiger partial charge in [-0.2, -0.15) is 0 Å². The summed E-state index contributed by atoms with van der Waals surface area (Å²) in [5, 5.41) is 0. The van der Waals surface area contributed by atoms with Gasteiger partial charge in [-0.05, 0) is 69.7 Å². The summed E-state index contributed by atoms with van der Waals surface area (Å²) >= 11 is 0. The Morgan fingerprint density at radius 1 is 1.00 bits per heavy atom. The van der Waals surface area contributed by atoms with Gasteiger partial charge in [-0.3, -0.25) is 9.59 Å². The van der Waals surface area contributed by atoms with Crippen LogP contribution in [0, 0.1) is 0 Å². The normalized spacial score (nSPS) is 19.7. The second-order valence-electron chi connectivity index (χ2n) is 8.02. The number of carbonyl (C=O) groups excluding carboxylic acids is 2. The highest BCUT2D eigenvalue weighted by Crippen LogP contribution is 2.24. The molecule has 0 bridgehead atoms. The number of unbranched alkanes of at least 4 members (excludes halogenated alkanes) is 1. The van der Waals surface area contributed by atoms with Crippen molar-refractivity contribution in [3.05, 3.63) is 29.8 Å². The van der Waals surface area contributed by atoms with Crippen LogP contribution >= 0.6 is 0 Å². The van der Waals surface area contributed by atoms with E-state index in [0.29, 0.717) is 12.1 Å². The van der Waals surface area contributed by atoms with Crippen LogP contribution in [-0.2, 0) is 4.79 Å². The molecule has 5 nitrogen and oxygen atoms in total. The summed E-state index contributed by atoms with van der Waals surface area (Å²) in [5.41, 5.74) is 1.85. The van der Waals surface area contributed by atoms with Crippen molar-refractivity contribution in [2.24, 2.45) is 0 Å². The molecule has 2 heterocycles. The Balaban J connectivity index is 1.71. The lowest BCUT2D eigenvalue weighted by Gasteiger charge is -2.37. The highest BCUT2D eigenvalue weighted by molar-refractivity contribution is 5.98. The fourth-order valence-corrected chi connectivity index (χ4v) is 4.38. The van der Waals surface area contributed by atoms with Gasteiger partial charge >= 0.3 is 0 Å². The van der Waals surface area contributed by atoms with E-state index in [0.717, 1.165) is 64.0 Å². The molecule has 2 aliphatic rings. The Morgan fingerprint density at radius 3 is 2.32 bits per heavy atom. The molecule has 1 aromatic carbocycles. The molecule has 2 saturated heterocycles. The predicted molar refractivity (Wildman–Crippen MR) is 114 cm³/mol. The SMILES string of the molecule is CCCCN(CC)c1ccc(C(=O)N2CCCCC2C(=O)N2CCCC2)cc1. The van der Waals surface area contributed by atoms with Crippen LogP contribution in [-0.4, -0.2) is 60.4 Å². The number of rotatable bonds is 7. The van der Waals surface area contributed by atoms with Gasteiger partial charge in [0.1, 0.15) is 6.04 Å². The third-order valence-corrected chi connectivity index (χ3v) is 6.11. The number of carbonyl (C=O) groups is 2. The molecule has 2 aliphatic heterocycles. The van der Waals surface area contributed by atoms with Gasteiger partial charge in [0, 0.05) is 44.0 Å². The van der Waals surface area contributed by atoms with E-state index >= 15 is 0 Å². The average Bonchev–Trinajstić information content (AvgIpc) is 3.28. The zero-order valence-electron chi connectivity index (χ0n) is 17.5. The van der Waals surface area contributed by atoms with E-state index in [1.807, 2.05) is 34.1 Å². The lowest BCUT2D eigenvalue weighted by molar-refractivity contribution is -0.136. The van der Waals surface area contributed by atoms with Crippen molar-refractivity contribution in [2.75, 3.05) is 37.6 Å². The van der Waals surface area contributed by atoms with E-state index in [1.165, 1.54) is 12.8 Å². The van der Waals surface area contributed by atoms with E-state index in [2.05, 4.69) is 18.7 Å². The molecule has 3 rings (SSSR count). The fourth-order valence-electron chi connectivity index (χ4n) is 4.38. The minimum absolute atomic E-state index is 0.000374. The van der Waals surface area contributed by atoms with Gasteiger partial charge in [-0.25, -0.2) is 0 Å². The summed E-state index contributed by atoms with van der Waals surface area (Å²) in [6.07, 6.45) is 7.31. The van der Waals surface area contributed by atoms with E-state index < -0.39 is 0 Å². The van der Waals surface area contributed by atoms with Gasteiger partial charge in [-0.15, -0.1) is 0 Å². The van der Waals surface area contributed by atoms with E-state index in [1.54, 1.807) is 0 Å². The van der Waals surface area contributed by atoms with Crippen LogP contribution in [0.25, 0.3) is 0 Å². The Hall–Kier alpha value is -2.04. The van der Waals surface area contributed by atoms with Crippen molar-refractivity contribution in [3.63, 3.8) is 0 Å². The molecule has 0 aliphatic carbocycles. The molecule has 0 spiro atoms. The lowest BCUT2D eigenvalue weighted by Crippen LogP contribution is -2.52. The first-order valence-electron chi connectivity index (χ1n) is 11.1. The van der Waals surface area contributed by atoms with Crippen LogP contribution < -0.4 is 4.90 Å². The predicted octanol–water partition coefficient (Wildman–Crippen LogP) is 3.93. The second kappa shape index (κ2) is 9.94. The van der Waals surface area contributed by atoms with Crippen molar-refractivity contribution in [2.45, 2.75) is 64.8 Å². The van der Waals surface area contributed by atoms with E-state index in [9.17, 15) is 9.59 Å². The van der Waals surface area contributed by atoms with Gasteiger partial charge in [0.25, 0.3) is 5.91 Å². The fraction of sp³-hybridized carbons (Fsp3) is 0.652. The smallest absolute Gasteiger partial charge is 0.254 e. The van der Waals surface area contributed by atoms with Crippen LogP contribution in [0.5, 0.6) is 0 Å². The first-order valence-corrected chi connectivity index (χ1v) is 11.1. The van der Waals surface area contributed by atoms with Crippen molar-refractivity contribution >= 4 is 17.5 Å².